The van der Waals surface area contributed by atoms with Crippen LogP contribution in [0.4, 0.5) is 11.4 Å². The molecule has 7 heteroatoms. The van der Waals surface area contributed by atoms with Crippen molar-refractivity contribution in [1.29, 1.82) is 0 Å². The molecule has 0 radical (unpaired) electrons. The second-order valence-electron chi connectivity index (χ2n) is 5.09. The lowest BCUT2D eigenvalue weighted by molar-refractivity contribution is -0.384. The summed E-state index contributed by atoms with van der Waals surface area (Å²) in [5.41, 5.74) is 0.365. The third-order valence-electron chi connectivity index (χ3n) is 3.37. The van der Waals surface area contributed by atoms with Gasteiger partial charge in [0, 0.05) is 18.7 Å². The maximum Gasteiger partial charge on any atom is 0.293 e. The van der Waals surface area contributed by atoms with Crippen LogP contribution in [0.15, 0.2) is 12.1 Å². The molecule has 1 aliphatic rings. The number of nitrogens with zero attached hydrogens (tertiary/aromatic N) is 2. The topological polar surface area (TPSA) is 58.4 Å². The van der Waals surface area contributed by atoms with Crippen LogP contribution in [0.5, 0.6) is 0 Å². The minimum absolute atomic E-state index is 0.0485. The van der Waals surface area contributed by atoms with Gasteiger partial charge in [0.25, 0.3) is 5.69 Å². The van der Waals surface area contributed by atoms with E-state index in [0.29, 0.717) is 10.7 Å². The van der Waals surface area contributed by atoms with Gasteiger partial charge in [0.2, 0.25) is 0 Å². The van der Waals surface area contributed by atoms with Crippen molar-refractivity contribution in [3.05, 3.63) is 32.3 Å². The van der Waals surface area contributed by atoms with Gasteiger partial charge < -0.3 is 10.2 Å². The van der Waals surface area contributed by atoms with Gasteiger partial charge in [-0.3, -0.25) is 10.1 Å². The molecule has 1 aliphatic heterocycles. The molecule has 1 heterocycles. The molecule has 1 unspecified atom stereocenters. The third-order valence-corrected chi connectivity index (χ3v) is 4.09. The number of hydrogen-bond acceptors (Lipinski definition) is 4. The summed E-state index contributed by atoms with van der Waals surface area (Å²) >= 11 is 11.8. The van der Waals surface area contributed by atoms with E-state index in [2.05, 4.69) is 10.2 Å². The van der Waals surface area contributed by atoms with Crippen LogP contribution >= 0.6 is 23.2 Å². The maximum atomic E-state index is 11.1. The summed E-state index contributed by atoms with van der Waals surface area (Å²) in [6, 6.07) is 2.90. The molecule has 20 heavy (non-hydrogen) atoms. The van der Waals surface area contributed by atoms with Crippen molar-refractivity contribution in [3.63, 3.8) is 0 Å². The second-order valence-corrected chi connectivity index (χ2v) is 5.91. The zero-order valence-electron chi connectivity index (χ0n) is 11.2. The Balaban J connectivity index is 2.10. The number of benzene rings is 1. The Kier molecular flexibility index (Phi) is 5.07. The summed E-state index contributed by atoms with van der Waals surface area (Å²) < 4.78 is 0. The quantitative estimate of drug-likeness (QED) is 0.663. The first-order chi connectivity index (χ1) is 9.47. The monoisotopic (exact) mass is 317 g/mol. The predicted octanol–water partition coefficient (Wildman–Crippen LogP) is 3.80. The molecule has 2 rings (SSSR count). The standard InChI is InChI=1S/C13H17Cl2N3O2/c1-9(8-17-4-2-3-5-17)16-12-6-10(14)11(15)7-13(12)18(19)20/h6-7,9,16H,2-5,8H2,1H3. The Hall–Kier alpha value is -1.04. The van der Waals surface area contributed by atoms with Gasteiger partial charge in [0.1, 0.15) is 5.69 Å². The van der Waals surface area contributed by atoms with E-state index in [1.54, 1.807) is 0 Å². The summed E-state index contributed by atoms with van der Waals surface area (Å²) in [7, 11) is 0. The van der Waals surface area contributed by atoms with Crippen LogP contribution in [0, 0.1) is 10.1 Å². The Morgan fingerprint density at radius 1 is 1.35 bits per heavy atom. The van der Waals surface area contributed by atoms with Gasteiger partial charge in [-0.15, -0.1) is 0 Å². The van der Waals surface area contributed by atoms with Crippen LogP contribution < -0.4 is 5.32 Å². The summed E-state index contributed by atoms with van der Waals surface area (Å²) in [5.74, 6) is 0. The smallest absolute Gasteiger partial charge is 0.293 e. The molecule has 0 aromatic heterocycles. The maximum absolute atomic E-state index is 11.1. The van der Waals surface area contributed by atoms with Crippen molar-refractivity contribution in [3.8, 4) is 0 Å². The number of nitro benzene ring substituents is 1. The molecular weight excluding hydrogens is 301 g/mol. The lowest BCUT2D eigenvalue weighted by Gasteiger charge is -2.22. The fourth-order valence-corrected chi connectivity index (χ4v) is 2.79. The highest BCUT2D eigenvalue weighted by Crippen LogP contribution is 2.34. The molecule has 1 atom stereocenters. The summed E-state index contributed by atoms with van der Waals surface area (Å²) in [5, 5.41) is 14.7. The predicted molar refractivity (Wildman–Crippen MR) is 81.9 cm³/mol. The summed E-state index contributed by atoms with van der Waals surface area (Å²) in [4.78, 5) is 13.0. The van der Waals surface area contributed by atoms with Gasteiger partial charge in [-0.25, -0.2) is 0 Å². The Bertz CT molecular complexity index is 505. The van der Waals surface area contributed by atoms with E-state index in [0.717, 1.165) is 19.6 Å². The summed E-state index contributed by atoms with van der Waals surface area (Å²) in [6.45, 7) is 5.05. The highest BCUT2D eigenvalue weighted by atomic mass is 35.5. The van der Waals surface area contributed by atoms with Crippen LogP contribution in [-0.4, -0.2) is 35.5 Å². The molecule has 0 amide bonds. The third kappa shape index (κ3) is 3.75. The van der Waals surface area contributed by atoms with Gasteiger partial charge in [-0.2, -0.15) is 0 Å². The Morgan fingerprint density at radius 2 is 1.95 bits per heavy atom. The number of halogens is 2. The van der Waals surface area contributed by atoms with Crippen molar-refractivity contribution in [2.75, 3.05) is 25.0 Å². The Morgan fingerprint density at radius 3 is 2.55 bits per heavy atom. The average Bonchev–Trinajstić information content (AvgIpc) is 2.85. The molecule has 110 valence electrons. The molecule has 0 bridgehead atoms. The van der Waals surface area contributed by atoms with Crippen molar-refractivity contribution >= 4 is 34.6 Å². The van der Waals surface area contributed by atoms with E-state index < -0.39 is 4.92 Å². The van der Waals surface area contributed by atoms with Crippen LogP contribution in [0.1, 0.15) is 19.8 Å². The first kappa shape index (κ1) is 15.4. The normalized spacial score (nSPS) is 17.1. The second kappa shape index (κ2) is 6.61. The highest BCUT2D eigenvalue weighted by Gasteiger charge is 2.20. The minimum Gasteiger partial charge on any atom is -0.376 e. The van der Waals surface area contributed by atoms with Gasteiger partial charge in [0.05, 0.1) is 15.0 Å². The van der Waals surface area contributed by atoms with Crippen LogP contribution in [-0.2, 0) is 0 Å². The zero-order chi connectivity index (χ0) is 14.7. The number of likely N-dealkylation sites (tertiary alicyclic amines) is 1. The van der Waals surface area contributed by atoms with Crippen molar-refractivity contribution in [2.24, 2.45) is 0 Å². The van der Waals surface area contributed by atoms with Gasteiger partial charge in [0.15, 0.2) is 0 Å². The van der Waals surface area contributed by atoms with E-state index in [-0.39, 0.29) is 16.8 Å². The molecule has 0 spiro atoms. The fourth-order valence-electron chi connectivity index (χ4n) is 2.47. The van der Waals surface area contributed by atoms with E-state index in [1.807, 2.05) is 6.92 Å². The SMILES string of the molecule is CC(CN1CCCC1)Nc1cc(Cl)c(Cl)cc1[N+](=O)[O-]. The lowest BCUT2D eigenvalue weighted by Crippen LogP contribution is -2.33. The molecule has 1 saturated heterocycles. The Labute approximate surface area is 128 Å². The largest absolute Gasteiger partial charge is 0.376 e. The van der Waals surface area contributed by atoms with E-state index in [9.17, 15) is 10.1 Å². The number of rotatable bonds is 5. The molecular formula is C13H17Cl2N3O2. The number of nitrogens with one attached hydrogen (secondary N) is 1. The number of nitro groups is 1. The van der Waals surface area contributed by atoms with Gasteiger partial charge in [-0.05, 0) is 38.9 Å². The first-order valence-corrected chi connectivity index (χ1v) is 7.35. The molecule has 1 aromatic carbocycles. The van der Waals surface area contributed by atoms with Crippen LogP contribution in [0.25, 0.3) is 0 Å². The molecule has 5 nitrogen and oxygen atoms in total. The van der Waals surface area contributed by atoms with Crippen molar-refractivity contribution in [1.82, 2.24) is 4.90 Å². The lowest BCUT2D eigenvalue weighted by atomic mass is 10.2. The molecule has 1 N–H and O–H groups in total. The van der Waals surface area contributed by atoms with Crippen LogP contribution in [0.3, 0.4) is 0 Å². The fraction of sp³-hybridized carbons (Fsp3) is 0.538. The zero-order valence-corrected chi connectivity index (χ0v) is 12.7. The highest BCUT2D eigenvalue weighted by molar-refractivity contribution is 6.42. The van der Waals surface area contributed by atoms with E-state index >= 15 is 0 Å². The van der Waals surface area contributed by atoms with Crippen molar-refractivity contribution < 1.29 is 4.92 Å². The summed E-state index contributed by atoms with van der Waals surface area (Å²) in [6.07, 6.45) is 2.44. The number of hydrogen-bond donors (Lipinski definition) is 1. The van der Waals surface area contributed by atoms with E-state index in [1.165, 1.54) is 25.0 Å². The average molecular weight is 318 g/mol. The minimum atomic E-state index is -0.451. The van der Waals surface area contributed by atoms with Gasteiger partial charge >= 0.3 is 0 Å². The van der Waals surface area contributed by atoms with Crippen LogP contribution in [0.2, 0.25) is 10.0 Å². The molecule has 1 aromatic rings. The van der Waals surface area contributed by atoms with Gasteiger partial charge in [-0.1, -0.05) is 23.2 Å². The van der Waals surface area contributed by atoms with Crippen molar-refractivity contribution in [2.45, 2.75) is 25.8 Å². The first-order valence-electron chi connectivity index (χ1n) is 6.59. The molecule has 1 fully saturated rings. The molecule has 0 aliphatic carbocycles. The number of anilines is 1. The molecule has 0 saturated carbocycles. The van der Waals surface area contributed by atoms with E-state index in [4.69, 9.17) is 23.2 Å².